The molecule has 0 fully saturated rings. The van der Waals surface area contributed by atoms with Gasteiger partial charge in [-0.25, -0.2) is 4.98 Å². The molecule has 0 aliphatic rings. The fourth-order valence-electron chi connectivity index (χ4n) is 1.31. The van der Waals surface area contributed by atoms with Crippen molar-refractivity contribution in [3.8, 4) is 11.1 Å². The van der Waals surface area contributed by atoms with Gasteiger partial charge in [0.15, 0.2) is 0 Å². The molecule has 0 radical (unpaired) electrons. The van der Waals surface area contributed by atoms with Crippen molar-refractivity contribution in [1.82, 2.24) is 4.98 Å². The predicted octanol–water partition coefficient (Wildman–Crippen LogP) is 3.64. The van der Waals surface area contributed by atoms with E-state index in [0.717, 1.165) is 11.1 Å². The Morgan fingerprint density at radius 2 is 1.67 bits per heavy atom. The van der Waals surface area contributed by atoms with Gasteiger partial charge >= 0.3 is 0 Å². The zero-order valence-corrected chi connectivity index (χ0v) is 9.26. The Labute approximate surface area is 97.7 Å². The van der Waals surface area contributed by atoms with Gasteiger partial charge in [-0.3, -0.25) is 0 Å². The molecule has 15 heavy (non-hydrogen) atoms. The van der Waals surface area contributed by atoms with Gasteiger partial charge in [-0.1, -0.05) is 35.3 Å². The highest BCUT2D eigenvalue weighted by Gasteiger charge is 2.04. The second-order valence-electron chi connectivity index (χ2n) is 3.09. The first-order valence-electron chi connectivity index (χ1n) is 4.34. The Kier molecular flexibility index (Phi) is 2.80. The SMILES string of the molecule is Nc1ncc(Cl)cc1-c1ccc(Cl)cc1. The summed E-state index contributed by atoms with van der Waals surface area (Å²) in [5.74, 6) is 0.460. The van der Waals surface area contributed by atoms with Gasteiger partial charge in [-0.15, -0.1) is 0 Å². The van der Waals surface area contributed by atoms with Gasteiger partial charge in [0.25, 0.3) is 0 Å². The van der Waals surface area contributed by atoms with Crippen molar-refractivity contribution in [3.05, 3.63) is 46.6 Å². The minimum Gasteiger partial charge on any atom is -0.383 e. The van der Waals surface area contributed by atoms with Crippen LogP contribution in [0.1, 0.15) is 0 Å². The molecule has 2 aromatic rings. The van der Waals surface area contributed by atoms with E-state index in [9.17, 15) is 0 Å². The lowest BCUT2D eigenvalue weighted by Gasteiger charge is -2.05. The Morgan fingerprint density at radius 3 is 2.33 bits per heavy atom. The fraction of sp³-hybridized carbons (Fsp3) is 0. The average molecular weight is 239 g/mol. The first-order chi connectivity index (χ1) is 7.16. The number of hydrogen-bond donors (Lipinski definition) is 1. The summed E-state index contributed by atoms with van der Waals surface area (Å²) in [4.78, 5) is 3.99. The molecule has 0 bridgehead atoms. The minimum atomic E-state index is 0.460. The largest absolute Gasteiger partial charge is 0.383 e. The van der Waals surface area contributed by atoms with Crippen molar-refractivity contribution in [2.45, 2.75) is 0 Å². The van der Waals surface area contributed by atoms with Gasteiger partial charge < -0.3 is 5.73 Å². The van der Waals surface area contributed by atoms with Gasteiger partial charge in [-0.05, 0) is 23.8 Å². The maximum Gasteiger partial charge on any atom is 0.131 e. The number of pyridine rings is 1. The van der Waals surface area contributed by atoms with E-state index in [1.807, 2.05) is 12.1 Å². The van der Waals surface area contributed by atoms with Crippen LogP contribution < -0.4 is 5.73 Å². The monoisotopic (exact) mass is 238 g/mol. The summed E-state index contributed by atoms with van der Waals surface area (Å²) in [6.45, 7) is 0. The Morgan fingerprint density at radius 1 is 1.00 bits per heavy atom. The van der Waals surface area contributed by atoms with Crippen molar-refractivity contribution in [1.29, 1.82) is 0 Å². The molecule has 0 atom stereocenters. The summed E-state index contributed by atoms with van der Waals surface area (Å²) < 4.78 is 0. The average Bonchev–Trinajstić information content (AvgIpc) is 2.23. The van der Waals surface area contributed by atoms with Crippen LogP contribution in [0.15, 0.2) is 36.5 Å². The minimum absolute atomic E-state index is 0.460. The lowest BCUT2D eigenvalue weighted by atomic mass is 10.1. The second-order valence-corrected chi connectivity index (χ2v) is 3.97. The molecule has 0 saturated carbocycles. The first-order valence-corrected chi connectivity index (χ1v) is 5.09. The molecule has 2 N–H and O–H groups in total. The number of rotatable bonds is 1. The number of aromatic nitrogens is 1. The second kappa shape index (κ2) is 4.09. The highest BCUT2D eigenvalue weighted by Crippen LogP contribution is 2.27. The number of nitrogens with zero attached hydrogens (tertiary/aromatic N) is 1. The predicted molar refractivity (Wildman–Crippen MR) is 64.1 cm³/mol. The number of nitrogens with two attached hydrogens (primary N) is 1. The summed E-state index contributed by atoms with van der Waals surface area (Å²) in [5.41, 5.74) is 7.53. The standard InChI is InChI=1S/C11H8Cl2N2/c12-8-3-1-7(2-4-8)10-5-9(13)6-15-11(10)14/h1-6H,(H2,14,15). The summed E-state index contributed by atoms with van der Waals surface area (Å²) >= 11 is 11.7. The molecule has 2 nitrogen and oxygen atoms in total. The number of halogens is 2. The van der Waals surface area contributed by atoms with Crippen LogP contribution in [-0.2, 0) is 0 Å². The van der Waals surface area contributed by atoms with Crippen molar-refractivity contribution < 1.29 is 0 Å². The topological polar surface area (TPSA) is 38.9 Å². The molecule has 0 aliphatic carbocycles. The third kappa shape index (κ3) is 2.22. The van der Waals surface area contributed by atoms with Gasteiger partial charge in [0.05, 0.1) is 5.02 Å². The highest BCUT2D eigenvalue weighted by atomic mass is 35.5. The quantitative estimate of drug-likeness (QED) is 0.825. The van der Waals surface area contributed by atoms with Gasteiger partial charge in [0, 0.05) is 16.8 Å². The van der Waals surface area contributed by atoms with E-state index >= 15 is 0 Å². The van der Waals surface area contributed by atoms with Crippen LogP contribution in [0.2, 0.25) is 10.0 Å². The molecule has 0 aliphatic heterocycles. The number of nitrogen functional groups attached to an aromatic ring is 1. The maximum atomic E-state index is 5.85. The van der Waals surface area contributed by atoms with Crippen molar-refractivity contribution >= 4 is 29.0 Å². The molecule has 2 rings (SSSR count). The van der Waals surface area contributed by atoms with Crippen LogP contribution in [0.3, 0.4) is 0 Å². The van der Waals surface area contributed by atoms with Crippen LogP contribution in [0, 0.1) is 0 Å². The van der Waals surface area contributed by atoms with E-state index in [1.54, 1.807) is 18.2 Å². The molecule has 4 heteroatoms. The van der Waals surface area contributed by atoms with Crippen LogP contribution in [-0.4, -0.2) is 4.98 Å². The van der Waals surface area contributed by atoms with Crippen molar-refractivity contribution in [2.75, 3.05) is 5.73 Å². The van der Waals surface area contributed by atoms with E-state index in [2.05, 4.69) is 4.98 Å². The summed E-state index contributed by atoms with van der Waals surface area (Å²) in [5, 5.41) is 1.25. The fourth-order valence-corrected chi connectivity index (χ4v) is 1.59. The Hall–Kier alpha value is -1.25. The third-order valence-electron chi connectivity index (χ3n) is 2.04. The van der Waals surface area contributed by atoms with Crippen LogP contribution in [0.5, 0.6) is 0 Å². The number of hydrogen-bond acceptors (Lipinski definition) is 2. The van der Waals surface area contributed by atoms with Crippen molar-refractivity contribution in [3.63, 3.8) is 0 Å². The summed E-state index contributed by atoms with van der Waals surface area (Å²) in [7, 11) is 0. The summed E-state index contributed by atoms with van der Waals surface area (Å²) in [6, 6.07) is 9.15. The van der Waals surface area contributed by atoms with Crippen LogP contribution in [0.25, 0.3) is 11.1 Å². The third-order valence-corrected chi connectivity index (χ3v) is 2.50. The van der Waals surface area contributed by atoms with E-state index in [-0.39, 0.29) is 0 Å². The van der Waals surface area contributed by atoms with Crippen LogP contribution >= 0.6 is 23.2 Å². The van der Waals surface area contributed by atoms with Crippen molar-refractivity contribution in [2.24, 2.45) is 0 Å². The molecule has 76 valence electrons. The number of benzene rings is 1. The first kappa shape index (κ1) is 10.3. The molecule has 1 aromatic heterocycles. The van der Waals surface area contributed by atoms with Gasteiger partial charge in [0.1, 0.15) is 5.82 Å². The van der Waals surface area contributed by atoms with Gasteiger partial charge in [-0.2, -0.15) is 0 Å². The highest BCUT2D eigenvalue weighted by molar-refractivity contribution is 6.31. The molecule has 0 saturated heterocycles. The molecule has 1 aromatic carbocycles. The maximum absolute atomic E-state index is 5.85. The lowest BCUT2D eigenvalue weighted by Crippen LogP contribution is -1.93. The molecular formula is C11H8Cl2N2. The van der Waals surface area contributed by atoms with E-state index < -0.39 is 0 Å². The lowest BCUT2D eigenvalue weighted by molar-refractivity contribution is 1.34. The van der Waals surface area contributed by atoms with E-state index in [0.29, 0.717) is 15.9 Å². The number of anilines is 1. The van der Waals surface area contributed by atoms with E-state index in [4.69, 9.17) is 28.9 Å². The van der Waals surface area contributed by atoms with E-state index in [1.165, 1.54) is 6.20 Å². The molecule has 0 unspecified atom stereocenters. The normalized spacial score (nSPS) is 10.3. The zero-order chi connectivity index (χ0) is 10.8. The molecule has 0 amide bonds. The Balaban J connectivity index is 2.53. The zero-order valence-electron chi connectivity index (χ0n) is 7.74. The molecule has 0 spiro atoms. The Bertz CT molecular complexity index is 480. The smallest absolute Gasteiger partial charge is 0.131 e. The molecular weight excluding hydrogens is 231 g/mol. The molecule has 1 heterocycles. The van der Waals surface area contributed by atoms with Crippen LogP contribution in [0.4, 0.5) is 5.82 Å². The summed E-state index contributed by atoms with van der Waals surface area (Å²) in [6.07, 6.45) is 1.52. The van der Waals surface area contributed by atoms with Gasteiger partial charge in [0.2, 0.25) is 0 Å².